The Morgan fingerprint density at radius 3 is 2.66 bits per heavy atom. The number of carbonyl (C=O) groups excluding carboxylic acids is 1. The normalized spacial score (nSPS) is 20.6. The predicted octanol–water partition coefficient (Wildman–Crippen LogP) is 5.70. The molecule has 1 aliphatic carbocycles. The van der Waals surface area contributed by atoms with E-state index in [2.05, 4.69) is 43.5 Å². The lowest BCUT2D eigenvalue weighted by atomic mass is 9.95. The lowest BCUT2D eigenvalue weighted by Gasteiger charge is -2.27. The molecule has 6 nitrogen and oxygen atoms in total. The van der Waals surface area contributed by atoms with Crippen LogP contribution in [0.5, 0.6) is 0 Å². The number of aromatic nitrogens is 2. The van der Waals surface area contributed by atoms with Crippen LogP contribution in [0.4, 0.5) is 5.69 Å². The number of pyridine rings is 1. The fourth-order valence-corrected chi connectivity index (χ4v) is 5.64. The van der Waals surface area contributed by atoms with Crippen molar-refractivity contribution in [1.29, 1.82) is 0 Å². The van der Waals surface area contributed by atoms with E-state index >= 15 is 0 Å². The van der Waals surface area contributed by atoms with Crippen molar-refractivity contribution in [2.24, 2.45) is 0 Å². The highest BCUT2D eigenvalue weighted by molar-refractivity contribution is 7.80. The third-order valence-electron chi connectivity index (χ3n) is 7.19. The topological polar surface area (TPSA) is 62.2 Å². The average Bonchev–Trinajstić information content (AvgIpc) is 3.50. The van der Waals surface area contributed by atoms with Crippen molar-refractivity contribution in [3.8, 4) is 0 Å². The Kier molecular flexibility index (Phi) is 7.13. The predicted molar refractivity (Wildman–Crippen MR) is 143 cm³/mol. The van der Waals surface area contributed by atoms with E-state index in [1.165, 1.54) is 43.2 Å². The maximum atomic E-state index is 12.7. The molecule has 2 N–H and O–H groups in total. The van der Waals surface area contributed by atoms with Crippen LogP contribution >= 0.6 is 12.2 Å². The Labute approximate surface area is 212 Å². The van der Waals surface area contributed by atoms with Crippen LogP contribution in [0.3, 0.4) is 0 Å². The minimum Gasteiger partial charge on any atom is -0.352 e. The Hall–Kier alpha value is -3.19. The number of carbonyl (C=O) groups is 1. The second-order valence-electron chi connectivity index (χ2n) is 9.67. The number of anilines is 1. The van der Waals surface area contributed by atoms with E-state index in [0.717, 1.165) is 11.4 Å². The van der Waals surface area contributed by atoms with Crippen LogP contribution in [0.2, 0.25) is 0 Å². The van der Waals surface area contributed by atoms with Gasteiger partial charge < -0.3 is 20.1 Å². The smallest absolute Gasteiger partial charge is 0.226 e. The van der Waals surface area contributed by atoms with Crippen molar-refractivity contribution in [2.45, 2.75) is 63.6 Å². The minimum atomic E-state index is -0.0638. The van der Waals surface area contributed by atoms with Gasteiger partial charge in [-0.3, -0.25) is 9.78 Å². The molecule has 1 saturated carbocycles. The molecular formula is C28H33N5OS. The van der Waals surface area contributed by atoms with Crippen molar-refractivity contribution in [2.75, 3.05) is 11.9 Å². The summed E-state index contributed by atoms with van der Waals surface area (Å²) in [6.07, 6.45) is 13.1. The SMILES string of the molecule is Cc1ccc(NC(=O)CCN2C(=S)N[C@H](c3ccccn3)[C@H]2c2ccn(C3CCCCC3)c2)cc1. The van der Waals surface area contributed by atoms with Gasteiger partial charge in [0, 0.05) is 43.3 Å². The first-order chi connectivity index (χ1) is 17.1. The average molecular weight is 488 g/mol. The van der Waals surface area contributed by atoms with Gasteiger partial charge in [-0.25, -0.2) is 0 Å². The molecule has 2 atom stereocenters. The summed E-state index contributed by atoms with van der Waals surface area (Å²) in [4.78, 5) is 19.5. The number of nitrogens with zero attached hydrogens (tertiary/aromatic N) is 3. The number of hydrogen-bond donors (Lipinski definition) is 2. The van der Waals surface area contributed by atoms with Gasteiger partial charge in [0.15, 0.2) is 5.11 Å². The highest BCUT2D eigenvalue weighted by Crippen LogP contribution is 2.39. The third kappa shape index (κ3) is 5.40. The monoisotopic (exact) mass is 487 g/mol. The molecule has 2 aromatic heterocycles. The van der Waals surface area contributed by atoms with Crippen molar-refractivity contribution >= 4 is 28.9 Å². The molecule has 2 aliphatic rings. The third-order valence-corrected chi connectivity index (χ3v) is 7.54. The first-order valence-corrected chi connectivity index (χ1v) is 13.0. The van der Waals surface area contributed by atoms with E-state index in [0.29, 0.717) is 24.1 Å². The van der Waals surface area contributed by atoms with E-state index < -0.39 is 0 Å². The van der Waals surface area contributed by atoms with Crippen molar-refractivity contribution < 1.29 is 4.79 Å². The van der Waals surface area contributed by atoms with E-state index in [4.69, 9.17) is 12.2 Å². The van der Waals surface area contributed by atoms with Crippen LogP contribution in [-0.2, 0) is 4.79 Å². The second-order valence-corrected chi connectivity index (χ2v) is 10.1. The molecule has 3 aromatic rings. The molecule has 7 heteroatoms. The summed E-state index contributed by atoms with van der Waals surface area (Å²) in [5.41, 5.74) is 4.14. The molecule has 35 heavy (non-hydrogen) atoms. The Morgan fingerprint density at radius 1 is 1.11 bits per heavy atom. The van der Waals surface area contributed by atoms with Crippen LogP contribution in [0, 0.1) is 6.92 Å². The Balaban J connectivity index is 1.35. The summed E-state index contributed by atoms with van der Waals surface area (Å²) >= 11 is 5.77. The van der Waals surface area contributed by atoms with Gasteiger partial charge in [-0.1, -0.05) is 43.0 Å². The molecule has 0 spiro atoms. The largest absolute Gasteiger partial charge is 0.352 e. The van der Waals surface area contributed by atoms with Crippen LogP contribution in [0.1, 0.15) is 73.5 Å². The molecule has 0 unspecified atom stereocenters. The minimum absolute atomic E-state index is 0.0172. The van der Waals surface area contributed by atoms with E-state index in [1.54, 1.807) is 0 Å². The Bertz CT molecular complexity index is 1150. The van der Waals surface area contributed by atoms with Crippen molar-refractivity contribution in [1.82, 2.24) is 19.8 Å². The molecule has 3 heterocycles. The number of benzene rings is 1. The molecule has 182 valence electrons. The second kappa shape index (κ2) is 10.6. The van der Waals surface area contributed by atoms with Crippen LogP contribution in [-0.4, -0.2) is 32.0 Å². The summed E-state index contributed by atoms with van der Waals surface area (Å²) in [5.74, 6) is -0.0172. The maximum Gasteiger partial charge on any atom is 0.226 e. The number of nitrogens with one attached hydrogen (secondary N) is 2. The first kappa shape index (κ1) is 23.5. The quantitative estimate of drug-likeness (QED) is 0.419. The molecule has 2 fully saturated rings. The zero-order valence-corrected chi connectivity index (χ0v) is 21.0. The Morgan fingerprint density at radius 2 is 1.91 bits per heavy atom. The first-order valence-electron chi connectivity index (χ1n) is 12.6. The molecule has 1 aromatic carbocycles. The summed E-state index contributed by atoms with van der Waals surface area (Å²) < 4.78 is 2.38. The zero-order chi connectivity index (χ0) is 24.2. The molecule has 0 radical (unpaired) electrons. The number of rotatable bonds is 7. The van der Waals surface area contributed by atoms with Gasteiger partial charge in [0.1, 0.15) is 0 Å². The standard InChI is InChI=1S/C28H33N5OS/c1-20-10-12-22(13-11-20)30-25(34)15-18-33-27(26(31-28(33)35)24-9-5-6-16-29-24)21-14-17-32(19-21)23-7-3-2-4-8-23/h5-6,9-14,16-17,19,23,26-27H,2-4,7-8,15,18H2,1H3,(H,30,34)(H,31,35)/t26-,27-/m1/s1. The lowest BCUT2D eigenvalue weighted by Crippen LogP contribution is -2.32. The van der Waals surface area contributed by atoms with Gasteiger partial charge in [-0.2, -0.15) is 0 Å². The van der Waals surface area contributed by atoms with Gasteiger partial charge in [0.25, 0.3) is 0 Å². The highest BCUT2D eigenvalue weighted by Gasteiger charge is 2.40. The van der Waals surface area contributed by atoms with Gasteiger partial charge >= 0.3 is 0 Å². The van der Waals surface area contributed by atoms with Crippen LogP contribution in [0.15, 0.2) is 67.1 Å². The van der Waals surface area contributed by atoms with Gasteiger partial charge in [-0.05, 0) is 67.9 Å². The molecule has 1 amide bonds. The number of thiocarbonyl (C=S) groups is 1. The summed E-state index contributed by atoms with van der Waals surface area (Å²) in [6, 6.07) is 16.5. The fourth-order valence-electron chi connectivity index (χ4n) is 5.30. The van der Waals surface area contributed by atoms with Crippen molar-refractivity contribution in [3.63, 3.8) is 0 Å². The highest BCUT2D eigenvalue weighted by atomic mass is 32.1. The maximum absolute atomic E-state index is 12.7. The molecule has 5 rings (SSSR count). The van der Waals surface area contributed by atoms with E-state index in [1.807, 2.05) is 55.6 Å². The number of amides is 1. The molecule has 1 saturated heterocycles. The molecule has 0 bridgehead atoms. The van der Waals surface area contributed by atoms with Gasteiger partial charge in [0.2, 0.25) is 5.91 Å². The van der Waals surface area contributed by atoms with Gasteiger partial charge in [-0.15, -0.1) is 0 Å². The summed E-state index contributed by atoms with van der Waals surface area (Å²) in [5, 5.41) is 7.16. The number of hydrogen-bond acceptors (Lipinski definition) is 3. The summed E-state index contributed by atoms with van der Waals surface area (Å²) in [6.45, 7) is 2.57. The fraction of sp³-hybridized carbons (Fsp3) is 0.393. The number of aryl methyl sites for hydroxylation is 1. The molecular weight excluding hydrogens is 454 g/mol. The van der Waals surface area contributed by atoms with E-state index in [-0.39, 0.29) is 18.0 Å². The van der Waals surface area contributed by atoms with Gasteiger partial charge in [0.05, 0.1) is 17.8 Å². The summed E-state index contributed by atoms with van der Waals surface area (Å²) in [7, 11) is 0. The van der Waals surface area contributed by atoms with Crippen molar-refractivity contribution in [3.05, 3.63) is 83.9 Å². The van der Waals surface area contributed by atoms with Crippen LogP contribution < -0.4 is 10.6 Å². The zero-order valence-electron chi connectivity index (χ0n) is 20.2. The van der Waals surface area contributed by atoms with Crippen LogP contribution in [0.25, 0.3) is 0 Å². The molecule has 1 aliphatic heterocycles. The lowest BCUT2D eigenvalue weighted by molar-refractivity contribution is -0.116. The van der Waals surface area contributed by atoms with E-state index in [9.17, 15) is 4.79 Å².